The van der Waals surface area contributed by atoms with Crippen molar-refractivity contribution in [3.05, 3.63) is 10.6 Å². The van der Waals surface area contributed by atoms with Crippen LogP contribution in [0.25, 0.3) is 0 Å². The van der Waals surface area contributed by atoms with Crippen LogP contribution in [-0.4, -0.2) is 24.1 Å². The molecule has 0 unspecified atom stereocenters. The van der Waals surface area contributed by atoms with Crippen molar-refractivity contribution in [3.8, 4) is 0 Å². The van der Waals surface area contributed by atoms with Gasteiger partial charge in [0.05, 0.1) is 5.69 Å². The third-order valence-corrected chi connectivity index (χ3v) is 4.02. The van der Waals surface area contributed by atoms with Gasteiger partial charge in [-0.2, -0.15) is 0 Å². The quantitative estimate of drug-likeness (QED) is 0.849. The van der Waals surface area contributed by atoms with Gasteiger partial charge in [0.25, 0.3) is 0 Å². The van der Waals surface area contributed by atoms with Crippen LogP contribution in [0.2, 0.25) is 0 Å². The van der Waals surface area contributed by atoms with Crippen molar-refractivity contribution in [1.29, 1.82) is 0 Å². The molecular formula is C11H19N3S. The number of aromatic nitrogens is 1. The second-order valence-corrected chi connectivity index (χ2v) is 5.36. The maximum absolute atomic E-state index is 5.63. The first-order valence-electron chi connectivity index (χ1n) is 5.67. The molecule has 4 heteroatoms. The van der Waals surface area contributed by atoms with Gasteiger partial charge in [0.2, 0.25) is 0 Å². The largest absolute Gasteiger partial charge is 0.344 e. The molecule has 1 aromatic rings. The Bertz CT molecular complexity index is 311. The van der Waals surface area contributed by atoms with Crippen molar-refractivity contribution >= 4 is 16.5 Å². The Labute approximate surface area is 95.3 Å². The summed E-state index contributed by atoms with van der Waals surface area (Å²) in [5, 5.41) is 1.17. The summed E-state index contributed by atoms with van der Waals surface area (Å²) < 4.78 is 0. The maximum Gasteiger partial charge on any atom is 0.186 e. The molecule has 0 saturated carbocycles. The minimum absolute atomic E-state index is 0.486. The summed E-state index contributed by atoms with van der Waals surface area (Å²) in [6.45, 7) is 6.00. The normalized spacial score (nSPS) is 14.7. The fourth-order valence-corrected chi connectivity index (χ4v) is 3.32. The number of nitrogens with two attached hydrogens (primary N) is 1. The molecule has 0 amide bonds. The van der Waals surface area contributed by atoms with Crippen LogP contribution >= 0.6 is 11.3 Å². The molecule has 0 bridgehead atoms. The average molecular weight is 225 g/mol. The molecule has 0 aliphatic heterocycles. The van der Waals surface area contributed by atoms with E-state index in [1.807, 2.05) is 11.3 Å². The molecule has 1 aliphatic carbocycles. The van der Waals surface area contributed by atoms with Crippen LogP contribution in [0.3, 0.4) is 0 Å². The van der Waals surface area contributed by atoms with Gasteiger partial charge in [-0.1, -0.05) is 0 Å². The molecule has 2 N–H and O–H groups in total. The second-order valence-electron chi connectivity index (χ2n) is 4.30. The number of hydrogen-bond donors (Lipinski definition) is 1. The number of rotatable bonds is 4. The third kappa shape index (κ3) is 2.16. The minimum atomic E-state index is 0.486. The smallest absolute Gasteiger partial charge is 0.186 e. The lowest BCUT2D eigenvalue weighted by molar-refractivity contribution is 0.680. The highest BCUT2D eigenvalue weighted by molar-refractivity contribution is 7.15. The van der Waals surface area contributed by atoms with E-state index in [0.29, 0.717) is 12.6 Å². The van der Waals surface area contributed by atoms with Crippen molar-refractivity contribution in [2.24, 2.45) is 5.73 Å². The van der Waals surface area contributed by atoms with E-state index in [2.05, 4.69) is 18.7 Å². The number of fused-ring (bicyclic) bond motifs is 1. The lowest BCUT2D eigenvalue weighted by Gasteiger charge is -2.25. The van der Waals surface area contributed by atoms with Gasteiger partial charge in [-0.05, 0) is 33.1 Å². The van der Waals surface area contributed by atoms with Crippen LogP contribution in [0, 0.1) is 0 Å². The van der Waals surface area contributed by atoms with E-state index >= 15 is 0 Å². The van der Waals surface area contributed by atoms with Crippen molar-refractivity contribution in [3.63, 3.8) is 0 Å². The lowest BCUT2D eigenvalue weighted by atomic mass is 10.3. The van der Waals surface area contributed by atoms with E-state index in [4.69, 9.17) is 10.7 Å². The summed E-state index contributed by atoms with van der Waals surface area (Å²) in [5.41, 5.74) is 6.96. The molecule has 0 aromatic carbocycles. The van der Waals surface area contributed by atoms with Gasteiger partial charge in [0.15, 0.2) is 5.13 Å². The van der Waals surface area contributed by atoms with Gasteiger partial charge in [0.1, 0.15) is 0 Å². The Morgan fingerprint density at radius 1 is 1.47 bits per heavy atom. The Balaban J connectivity index is 2.18. The van der Waals surface area contributed by atoms with Gasteiger partial charge in [-0.3, -0.25) is 0 Å². The van der Waals surface area contributed by atoms with Crippen LogP contribution in [0.4, 0.5) is 5.13 Å². The van der Waals surface area contributed by atoms with Crippen LogP contribution in [-0.2, 0) is 12.8 Å². The fraction of sp³-hybridized carbons (Fsp3) is 0.727. The van der Waals surface area contributed by atoms with E-state index in [1.165, 1.54) is 35.0 Å². The SMILES string of the molecule is CC(C)N(CCN)c1nc2c(s1)CCC2. The van der Waals surface area contributed by atoms with Crippen LogP contribution in [0.1, 0.15) is 30.8 Å². The molecule has 0 atom stereocenters. The highest BCUT2D eigenvalue weighted by Gasteiger charge is 2.20. The zero-order chi connectivity index (χ0) is 10.8. The first kappa shape index (κ1) is 10.9. The molecule has 0 spiro atoms. The summed E-state index contributed by atoms with van der Waals surface area (Å²) in [4.78, 5) is 8.52. The van der Waals surface area contributed by atoms with Gasteiger partial charge < -0.3 is 10.6 Å². The van der Waals surface area contributed by atoms with Crippen LogP contribution in [0.5, 0.6) is 0 Å². The summed E-state index contributed by atoms with van der Waals surface area (Å²) in [6, 6.07) is 0.486. The molecule has 1 aromatic heterocycles. The van der Waals surface area contributed by atoms with E-state index in [9.17, 15) is 0 Å². The predicted octanol–water partition coefficient (Wildman–Crippen LogP) is 1.81. The second kappa shape index (κ2) is 4.49. The van der Waals surface area contributed by atoms with Crippen molar-refractivity contribution in [2.75, 3.05) is 18.0 Å². The monoisotopic (exact) mass is 225 g/mol. The molecule has 2 rings (SSSR count). The molecule has 1 aliphatic rings. The van der Waals surface area contributed by atoms with Gasteiger partial charge in [0, 0.05) is 24.0 Å². The summed E-state index contributed by atoms with van der Waals surface area (Å²) in [7, 11) is 0. The third-order valence-electron chi connectivity index (χ3n) is 2.82. The van der Waals surface area contributed by atoms with Gasteiger partial charge >= 0.3 is 0 Å². The lowest BCUT2D eigenvalue weighted by Crippen LogP contribution is -2.35. The van der Waals surface area contributed by atoms with Crippen molar-refractivity contribution < 1.29 is 0 Å². The van der Waals surface area contributed by atoms with Crippen LogP contribution < -0.4 is 10.6 Å². The first-order chi connectivity index (χ1) is 7.22. The molecule has 1 heterocycles. The number of thiazole rings is 1. The molecule has 3 nitrogen and oxygen atoms in total. The van der Waals surface area contributed by atoms with Crippen molar-refractivity contribution in [2.45, 2.75) is 39.2 Å². The Morgan fingerprint density at radius 3 is 2.87 bits per heavy atom. The standard InChI is InChI=1S/C11H19N3S/c1-8(2)14(7-6-12)11-13-9-4-3-5-10(9)15-11/h8H,3-7,12H2,1-2H3. The van der Waals surface area contributed by atoms with E-state index in [-0.39, 0.29) is 0 Å². The Hall–Kier alpha value is -0.610. The van der Waals surface area contributed by atoms with E-state index in [0.717, 1.165) is 6.54 Å². The summed E-state index contributed by atoms with van der Waals surface area (Å²) >= 11 is 1.86. The number of anilines is 1. The predicted molar refractivity (Wildman–Crippen MR) is 65.7 cm³/mol. The highest BCUT2D eigenvalue weighted by atomic mass is 32.1. The van der Waals surface area contributed by atoms with Gasteiger partial charge in [-0.15, -0.1) is 11.3 Å². The minimum Gasteiger partial charge on any atom is -0.344 e. The molecular weight excluding hydrogens is 206 g/mol. The molecule has 84 valence electrons. The number of nitrogens with zero attached hydrogens (tertiary/aromatic N) is 2. The molecule has 0 radical (unpaired) electrons. The number of aryl methyl sites for hydroxylation is 2. The Morgan fingerprint density at radius 2 is 2.27 bits per heavy atom. The molecule has 0 fully saturated rings. The Kier molecular flexibility index (Phi) is 3.26. The first-order valence-corrected chi connectivity index (χ1v) is 6.49. The topological polar surface area (TPSA) is 42.1 Å². The van der Waals surface area contributed by atoms with Gasteiger partial charge in [-0.25, -0.2) is 4.98 Å². The highest BCUT2D eigenvalue weighted by Crippen LogP contribution is 2.33. The summed E-state index contributed by atoms with van der Waals surface area (Å²) in [5.74, 6) is 0. The maximum atomic E-state index is 5.63. The zero-order valence-electron chi connectivity index (χ0n) is 9.49. The van der Waals surface area contributed by atoms with Crippen molar-refractivity contribution in [1.82, 2.24) is 4.98 Å². The zero-order valence-corrected chi connectivity index (χ0v) is 10.3. The average Bonchev–Trinajstić information content (AvgIpc) is 2.72. The van der Waals surface area contributed by atoms with Crippen LogP contribution in [0.15, 0.2) is 0 Å². The number of hydrogen-bond acceptors (Lipinski definition) is 4. The fourth-order valence-electron chi connectivity index (χ4n) is 2.01. The molecule has 15 heavy (non-hydrogen) atoms. The van der Waals surface area contributed by atoms with E-state index < -0.39 is 0 Å². The summed E-state index contributed by atoms with van der Waals surface area (Å²) in [6.07, 6.45) is 3.68. The van der Waals surface area contributed by atoms with E-state index in [1.54, 1.807) is 0 Å². The molecule has 0 saturated heterocycles.